The summed E-state index contributed by atoms with van der Waals surface area (Å²) in [5.41, 5.74) is 0. The third-order valence-corrected chi connectivity index (χ3v) is 3.72. The van der Waals surface area contributed by atoms with Crippen LogP contribution in [0.1, 0.15) is 19.8 Å². The van der Waals surface area contributed by atoms with Crippen LogP contribution in [0.15, 0.2) is 24.3 Å². The zero-order valence-electron chi connectivity index (χ0n) is 11.4. The number of hydrogen-bond donors (Lipinski definition) is 1. The predicted octanol–water partition coefficient (Wildman–Crippen LogP) is 2.81. The quantitative estimate of drug-likeness (QED) is 0.902. The van der Waals surface area contributed by atoms with Gasteiger partial charge in [0, 0.05) is 18.1 Å². The molecule has 0 saturated carbocycles. The number of aliphatic hydroxyl groups excluding tert-OH is 1. The highest BCUT2D eigenvalue weighted by atomic mass is 35.5. The molecule has 0 unspecified atom stereocenters. The standard InChI is InChI=1S/C15H22ClNO2/c1-12-3-2-8-17(9-12)10-14(18)11-19-15-6-4-13(16)5-7-15/h4-7,12,14,18H,2-3,8-11H2,1H3/t12-,14+/m0/s1. The number of rotatable bonds is 5. The Morgan fingerprint density at radius 2 is 2.16 bits per heavy atom. The molecule has 1 saturated heterocycles. The molecule has 1 heterocycles. The first-order chi connectivity index (χ1) is 9.13. The topological polar surface area (TPSA) is 32.7 Å². The largest absolute Gasteiger partial charge is 0.491 e. The molecule has 1 N–H and O–H groups in total. The number of ether oxygens (including phenoxy) is 1. The summed E-state index contributed by atoms with van der Waals surface area (Å²) in [4.78, 5) is 2.32. The maximum atomic E-state index is 10.0. The van der Waals surface area contributed by atoms with Gasteiger partial charge in [-0.1, -0.05) is 18.5 Å². The van der Waals surface area contributed by atoms with Crippen molar-refractivity contribution >= 4 is 11.6 Å². The fourth-order valence-electron chi connectivity index (χ4n) is 2.53. The maximum absolute atomic E-state index is 10.0. The number of benzene rings is 1. The molecule has 0 amide bonds. The molecule has 0 aromatic heterocycles. The number of likely N-dealkylation sites (tertiary alicyclic amines) is 1. The molecule has 2 rings (SSSR count). The van der Waals surface area contributed by atoms with E-state index < -0.39 is 6.10 Å². The van der Waals surface area contributed by atoms with Crippen molar-refractivity contribution in [3.63, 3.8) is 0 Å². The molecule has 1 aromatic carbocycles. The van der Waals surface area contributed by atoms with Crippen molar-refractivity contribution in [2.24, 2.45) is 5.92 Å². The lowest BCUT2D eigenvalue weighted by Crippen LogP contribution is -2.41. The number of aliphatic hydroxyl groups is 1. The lowest BCUT2D eigenvalue weighted by atomic mass is 10.0. The van der Waals surface area contributed by atoms with Crippen LogP contribution in [0, 0.1) is 5.92 Å². The van der Waals surface area contributed by atoms with Gasteiger partial charge in [-0.2, -0.15) is 0 Å². The highest BCUT2D eigenvalue weighted by Gasteiger charge is 2.19. The molecule has 0 radical (unpaired) electrons. The second kappa shape index (κ2) is 7.13. The van der Waals surface area contributed by atoms with E-state index in [0.29, 0.717) is 18.2 Å². The van der Waals surface area contributed by atoms with E-state index in [1.54, 1.807) is 12.1 Å². The molecular weight excluding hydrogens is 262 g/mol. The van der Waals surface area contributed by atoms with Crippen molar-refractivity contribution in [1.82, 2.24) is 4.90 Å². The van der Waals surface area contributed by atoms with Crippen molar-refractivity contribution in [1.29, 1.82) is 0 Å². The lowest BCUT2D eigenvalue weighted by molar-refractivity contribution is 0.0537. The minimum absolute atomic E-state index is 0.326. The molecule has 3 nitrogen and oxygen atoms in total. The minimum Gasteiger partial charge on any atom is -0.491 e. The second-order valence-corrected chi connectivity index (χ2v) is 5.86. The van der Waals surface area contributed by atoms with Crippen LogP contribution in [0.5, 0.6) is 5.75 Å². The third kappa shape index (κ3) is 5.01. The number of hydrogen-bond acceptors (Lipinski definition) is 3. The summed E-state index contributed by atoms with van der Waals surface area (Å²) in [5, 5.41) is 10.7. The first-order valence-corrected chi connectivity index (χ1v) is 7.30. The normalized spacial score (nSPS) is 22.2. The third-order valence-electron chi connectivity index (χ3n) is 3.47. The van der Waals surface area contributed by atoms with E-state index in [1.165, 1.54) is 12.8 Å². The molecule has 0 aliphatic carbocycles. The Morgan fingerprint density at radius 1 is 1.42 bits per heavy atom. The fourth-order valence-corrected chi connectivity index (χ4v) is 2.65. The molecule has 0 bridgehead atoms. The summed E-state index contributed by atoms with van der Waals surface area (Å²) in [6.45, 7) is 5.45. The summed E-state index contributed by atoms with van der Waals surface area (Å²) < 4.78 is 5.56. The molecule has 0 spiro atoms. The van der Waals surface area contributed by atoms with Gasteiger partial charge in [-0.15, -0.1) is 0 Å². The smallest absolute Gasteiger partial charge is 0.119 e. The molecule has 4 heteroatoms. The molecule has 1 fully saturated rings. The summed E-state index contributed by atoms with van der Waals surface area (Å²) in [7, 11) is 0. The zero-order valence-corrected chi connectivity index (χ0v) is 12.1. The van der Waals surface area contributed by atoms with Gasteiger partial charge >= 0.3 is 0 Å². The van der Waals surface area contributed by atoms with Crippen molar-refractivity contribution in [3.05, 3.63) is 29.3 Å². The summed E-state index contributed by atoms with van der Waals surface area (Å²) in [5.74, 6) is 1.48. The van der Waals surface area contributed by atoms with Gasteiger partial charge in [0.05, 0.1) is 0 Å². The van der Waals surface area contributed by atoms with Crippen molar-refractivity contribution < 1.29 is 9.84 Å². The van der Waals surface area contributed by atoms with Crippen LogP contribution in [0.2, 0.25) is 5.02 Å². The molecule has 19 heavy (non-hydrogen) atoms. The summed E-state index contributed by atoms with van der Waals surface area (Å²) in [6.07, 6.45) is 2.08. The lowest BCUT2D eigenvalue weighted by Gasteiger charge is -2.32. The van der Waals surface area contributed by atoms with Gasteiger partial charge in [-0.05, 0) is 49.6 Å². The van der Waals surface area contributed by atoms with Crippen LogP contribution in [-0.4, -0.2) is 42.4 Å². The van der Waals surface area contributed by atoms with Gasteiger partial charge in [0.25, 0.3) is 0 Å². The molecule has 106 valence electrons. The van der Waals surface area contributed by atoms with E-state index in [4.69, 9.17) is 16.3 Å². The van der Waals surface area contributed by atoms with Gasteiger partial charge in [0.15, 0.2) is 0 Å². The fraction of sp³-hybridized carbons (Fsp3) is 0.600. The van der Waals surface area contributed by atoms with E-state index in [9.17, 15) is 5.11 Å². The van der Waals surface area contributed by atoms with E-state index in [0.717, 1.165) is 24.8 Å². The zero-order chi connectivity index (χ0) is 13.7. The average Bonchev–Trinajstić information content (AvgIpc) is 2.38. The number of β-amino-alcohol motifs (C(OH)–C–C–N with tert-alkyl or cyclic N) is 1. The highest BCUT2D eigenvalue weighted by molar-refractivity contribution is 6.30. The molecule has 1 aliphatic rings. The van der Waals surface area contributed by atoms with Crippen LogP contribution >= 0.6 is 11.6 Å². The Kier molecular flexibility index (Phi) is 5.49. The van der Waals surface area contributed by atoms with Crippen molar-refractivity contribution in [2.45, 2.75) is 25.9 Å². The Balaban J connectivity index is 1.72. The Hall–Kier alpha value is -0.770. The van der Waals surface area contributed by atoms with Crippen LogP contribution in [0.4, 0.5) is 0 Å². The SMILES string of the molecule is C[C@H]1CCCN(C[C@@H](O)COc2ccc(Cl)cc2)C1. The van der Waals surface area contributed by atoms with Crippen molar-refractivity contribution in [3.8, 4) is 5.75 Å². The molecule has 2 atom stereocenters. The Morgan fingerprint density at radius 3 is 2.84 bits per heavy atom. The first-order valence-electron chi connectivity index (χ1n) is 6.92. The minimum atomic E-state index is -0.444. The van der Waals surface area contributed by atoms with E-state index >= 15 is 0 Å². The number of halogens is 1. The monoisotopic (exact) mass is 283 g/mol. The van der Waals surface area contributed by atoms with Crippen LogP contribution in [-0.2, 0) is 0 Å². The van der Waals surface area contributed by atoms with Gasteiger partial charge in [0.1, 0.15) is 18.5 Å². The summed E-state index contributed by atoms with van der Waals surface area (Å²) in [6, 6.07) is 7.21. The van der Waals surface area contributed by atoms with Gasteiger partial charge < -0.3 is 14.7 Å². The van der Waals surface area contributed by atoms with Crippen LogP contribution < -0.4 is 4.74 Å². The van der Waals surface area contributed by atoms with E-state index in [1.807, 2.05) is 12.1 Å². The van der Waals surface area contributed by atoms with Gasteiger partial charge in [0.2, 0.25) is 0 Å². The Bertz CT molecular complexity index is 382. The first kappa shape index (κ1) is 14.6. The van der Waals surface area contributed by atoms with E-state index in [2.05, 4.69) is 11.8 Å². The van der Waals surface area contributed by atoms with Gasteiger partial charge in [-0.3, -0.25) is 0 Å². The highest BCUT2D eigenvalue weighted by Crippen LogP contribution is 2.17. The summed E-state index contributed by atoms with van der Waals surface area (Å²) >= 11 is 5.81. The van der Waals surface area contributed by atoms with Crippen molar-refractivity contribution in [2.75, 3.05) is 26.2 Å². The van der Waals surface area contributed by atoms with Crippen LogP contribution in [0.3, 0.4) is 0 Å². The average molecular weight is 284 g/mol. The van der Waals surface area contributed by atoms with Gasteiger partial charge in [-0.25, -0.2) is 0 Å². The molecular formula is C15H22ClNO2. The number of nitrogens with zero attached hydrogens (tertiary/aromatic N) is 1. The molecule has 1 aliphatic heterocycles. The maximum Gasteiger partial charge on any atom is 0.119 e. The molecule has 1 aromatic rings. The predicted molar refractivity (Wildman–Crippen MR) is 77.8 cm³/mol. The Labute approximate surface area is 120 Å². The second-order valence-electron chi connectivity index (χ2n) is 5.43. The number of piperidine rings is 1. The van der Waals surface area contributed by atoms with E-state index in [-0.39, 0.29) is 0 Å². The van der Waals surface area contributed by atoms with Crippen LogP contribution in [0.25, 0.3) is 0 Å².